The Hall–Kier alpha value is -3.09. The molecule has 0 saturated heterocycles. The van der Waals surface area contributed by atoms with E-state index in [0.717, 1.165) is 0 Å². The zero-order chi connectivity index (χ0) is 14.7. The van der Waals surface area contributed by atoms with Crippen LogP contribution in [0.2, 0.25) is 0 Å². The maximum atomic E-state index is 11.8. The van der Waals surface area contributed by atoms with Crippen molar-refractivity contribution in [1.82, 2.24) is 0 Å². The van der Waals surface area contributed by atoms with E-state index in [2.05, 4.69) is 5.32 Å². The quantitative estimate of drug-likeness (QED) is 0.776. The Morgan fingerprint density at radius 2 is 1.60 bits per heavy atom. The molecule has 0 aliphatic carbocycles. The number of carboxylic acid groups (broad SMARTS) is 1. The molecule has 4 N–H and O–H groups in total. The monoisotopic (exact) mass is 274 g/mol. The fraction of sp³-hybridized carbons (Fsp3) is 0. The number of rotatable bonds is 4. The van der Waals surface area contributed by atoms with Gasteiger partial charge in [-0.25, -0.2) is 4.79 Å². The first-order chi connectivity index (χ1) is 9.47. The molecule has 7 heteroatoms. The zero-order valence-corrected chi connectivity index (χ0v) is 10.1. The van der Waals surface area contributed by atoms with Crippen LogP contribution in [0.4, 0.5) is 5.69 Å². The van der Waals surface area contributed by atoms with Gasteiger partial charge in [-0.15, -0.1) is 0 Å². The SMILES string of the molecule is NC(=O)c1ccc(NC(=O)c2ccc(C(=O)O)o2)cc1. The predicted octanol–water partition coefficient (Wildman–Crippen LogP) is 1.33. The Labute approximate surface area is 113 Å². The number of benzene rings is 1. The third kappa shape index (κ3) is 2.83. The number of aromatic carboxylic acids is 1. The topological polar surface area (TPSA) is 123 Å². The van der Waals surface area contributed by atoms with E-state index in [1.807, 2.05) is 0 Å². The summed E-state index contributed by atoms with van der Waals surface area (Å²) in [5.41, 5.74) is 5.83. The molecule has 0 fully saturated rings. The standard InChI is InChI=1S/C13H10N2O5/c14-11(16)7-1-3-8(4-2-7)15-12(17)9-5-6-10(20-9)13(18)19/h1-6H,(H2,14,16)(H,15,17)(H,18,19). The van der Waals surface area contributed by atoms with Crippen molar-refractivity contribution in [2.24, 2.45) is 5.73 Å². The van der Waals surface area contributed by atoms with E-state index < -0.39 is 17.8 Å². The molecule has 0 radical (unpaired) electrons. The molecular weight excluding hydrogens is 264 g/mol. The molecule has 102 valence electrons. The summed E-state index contributed by atoms with van der Waals surface area (Å²) in [4.78, 5) is 33.3. The van der Waals surface area contributed by atoms with Crippen LogP contribution in [0.25, 0.3) is 0 Å². The number of nitrogens with one attached hydrogen (secondary N) is 1. The molecule has 1 aromatic carbocycles. The summed E-state index contributed by atoms with van der Waals surface area (Å²) < 4.78 is 4.86. The second-order valence-electron chi connectivity index (χ2n) is 3.86. The van der Waals surface area contributed by atoms with Gasteiger partial charge in [0.2, 0.25) is 11.7 Å². The number of carbonyl (C=O) groups excluding carboxylic acids is 2. The molecule has 0 saturated carbocycles. The van der Waals surface area contributed by atoms with E-state index in [1.54, 1.807) is 0 Å². The van der Waals surface area contributed by atoms with Gasteiger partial charge in [0.15, 0.2) is 5.76 Å². The van der Waals surface area contributed by atoms with Crippen LogP contribution in [-0.2, 0) is 0 Å². The van der Waals surface area contributed by atoms with Crippen LogP contribution < -0.4 is 11.1 Å². The normalized spacial score (nSPS) is 10.0. The lowest BCUT2D eigenvalue weighted by Crippen LogP contribution is -2.13. The number of nitrogens with two attached hydrogens (primary N) is 1. The summed E-state index contributed by atoms with van der Waals surface area (Å²) in [5.74, 6) is -2.86. The second kappa shape index (κ2) is 5.27. The highest BCUT2D eigenvalue weighted by Crippen LogP contribution is 2.13. The first kappa shape index (κ1) is 13.3. The Balaban J connectivity index is 2.10. The molecule has 1 heterocycles. The van der Waals surface area contributed by atoms with E-state index in [0.29, 0.717) is 11.3 Å². The van der Waals surface area contributed by atoms with Gasteiger partial charge in [-0.2, -0.15) is 0 Å². The first-order valence-electron chi connectivity index (χ1n) is 5.51. The highest BCUT2D eigenvalue weighted by molar-refractivity contribution is 6.03. The first-order valence-corrected chi connectivity index (χ1v) is 5.51. The fourth-order valence-electron chi connectivity index (χ4n) is 1.49. The Bertz CT molecular complexity index is 672. The average Bonchev–Trinajstić information content (AvgIpc) is 2.89. The van der Waals surface area contributed by atoms with Gasteiger partial charge in [-0.3, -0.25) is 9.59 Å². The highest BCUT2D eigenvalue weighted by atomic mass is 16.4. The zero-order valence-electron chi connectivity index (χ0n) is 10.1. The summed E-state index contributed by atoms with van der Waals surface area (Å²) >= 11 is 0. The van der Waals surface area contributed by atoms with E-state index in [9.17, 15) is 14.4 Å². The molecular formula is C13H10N2O5. The van der Waals surface area contributed by atoms with Gasteiger partial charge in [0.25, 0.3) is 5.91 Å². The van der Waals surface area contributed by atoms with Crippen LogP contribution in [-0.4, -0.2) is 22.9 Å². The number of furan rings is 1. The molecule has 7 nitrogen and oxygen atoms in total. The number of primary amides is 1. The van der Waals surface area contributed by atoms with Gasteiger partial charge >= 0.3 is 5.97 Å². The van der Waals surface area contributed by atoms with Gasteiger partial charge < -0.3 is 20.6 Å². The number of hydrogen-bond donors (Lipinski definition) is 3. The summed E-state index contributed by atoms with van der Waals surface area (Å²) in [5, 5.41) is 11.2. The van der Waals surface area contributed by atoms with Crippen LogP contribution in [0.1, 0.15) is 31.5 Å². The summed E-state index contributed by atoms with van der Waals surface area (Å²) in [6, 6.07) is 8.37. The molecule has 0 aliphatic rings. The smallest absolute Gasteiger partial charge is 0.371 e. The van der Waals surface area contributed by atoms with Crippen LogP contribution in [0.3, 0.4) is 0 Å². The van der Waals surface area contributed by atoms with Crippen molar-refractivity contribution in [3.63, 3.8) is 0 Å². The lowest BCUT2D eigenvalue weighted by Gasteiger charge is -2.03. The van der Waals surface area contributed by atoms with Crippen molar-refractivity contribution >= 4 is 23.5 Å². The molecule has 0 unspecified atom stereocenters. The number of anilines is 1. The van der Waals surface area contributed by atoms with Gasteiger partial charge in [0, 0.05) is 11.3 Å². The van der Waals surface area contributed by atoms with Crippen LogP contribution >= 0.6 is 0 Å². The third-order valence-corrected chi connectivity index (χ3v) is 2.47. The molecule has 20 heavy (non-hydrogen) atoms. The van der Waals surface area contributed by atoms with Crippen LogP contribution in [0.5, 0.6) is 0 Å². The molecule has 2 aromatic rings. The Kier molecular flexibility index (Phi) is 3.52. The fourth-order valence-corrected chi connectivity index (χ4v) is 1.49. The second-order valence-corrected chi connectivity index (χ2v) is 3.86. The predicted molar refractivity (Wildman–Crippen MR) is 68.6 cm³/mol. The third-order valence-electron chi connectivity index (χ3n) is 2.47. The molecule has 2 rings (SSSR count). The van der Waals surface area contributed by atoms with E-state index in [1.165, 1.54) is 36.4 Å². The summed E-state index contributed by atoms with van der Waals surface area (Å²) in [6.07, 6.45) is 0. The lowest BCUT2D eigenvalue weighted by molar-refractivity contribution is 0.0660. The minimum atomic E-state index is -1.25. The summed E-state index contributed by atoms with van der Waals surface area (Å²) in [7, 11) is 0. The number of carboxylic acids is 1. The van der Waals surface area contributed by atoms with Gasteiger partial charge in [0.1, 0.15) is 0 Å². The average molecular weight is 274 g/mol. The van der Waals surface area contributed by atoms with Crippen molar-refractivity contribution in [1.29, 1.82) is 0 Å². The van der Waals surface area contributed by atoms with E-state index >= 15 is 0 Å². The number of hydrogen-bond acceptors (Lipinski definition) is 4. The number of amides is 2. The molecule has 0 spiro atoms. The highest BCUT2D eigenvalue weighted by Gasteiger charge is 2.15. The minimum Gasteiger partial charge on any atom is -0.475 e. The molecule has 1 aromatic heterocycles. The summed E-state index contributed by atoms with van der Waals surface area (Å²) in [6.45, 7) is 0. The molecule has 0 bridgehead atoms. The van der Waals surface area contributed by atoms with Crippen molar-refractivity contribution in [2.45, 2.75) is 0 Å². The molecule has 2 amide bonds. The van der Waals surface area contributed by atoms with Gasteiger partial charge in [0.05, 0.1) is 0 Å². The maximum Gasteiger partial charge on any atom is 0.371 e. The van der Waals surface area contributed by atoms with Crippen molar-refractivity contribution in [3.8, 4) is 0 Å². The van der Waals surface area contributed by atoms with E-state index in [4.69, 9.17) is 15.3 Å². The van der Waals surface area contributed by atoms with Crippen LogP contribution in [0, 0.1) is 0 Å². The van der Waals surface area contributed by atoms with Gasteiger partial charge in [-0.05, 0) is 36.4 Å². The Morgan fingerprint density at radius 3 is 2.10 bits per heavy atom. The van der Waals surface area contributed by atoms with Crippen LogP contribution in [0.15, 0.2) is 40.8 Å². The van der Waals surface area contributed by atoms with Crippen molar-refractivity contribution in [2.75, 3.05) is 5.32 Å². The maximum absolute atomic E-state index is 11.8. The van der Waals surface area contributed by atoms with E-state index in [-0.39, 0.29) is 11.5 Å². The largest absolute Gasteiger partial charge is 0.475 e. The molecule has 0 aliphatic heterocycles. The molecule has 0 atom stereocenters. The minimum absolute atomic E-state index is 0.124. The number of carbonyl (C=O) groups is 3. The van der Waals surface area contributed by atoms with Gasteiger partial charge in [-0.1, -0.05) is 0 Å². The lowest BCUT2D eigenvalue weighted by atomic mass is 10.2. The Morgan fingerprint density at radius 1 is 1.00 bits per heavy atom. The van der Waals surface area contributed by atoms with Crippen molar-refractivity contribution in [3.05, 3.63) is 53.5 Å². The van der Waals surface area contributed by atoms with Crippen molar-refractivity contribution < 1.29 is 23.9 Å².